The van der Waals surface area contributed by atoms with Gasteiger partial charge in [-0.3, -0.25) is 14.2 Å². The Balaban J connectivity index is 1.79. The van der Waals surface area contributed by atoms with E-state index in [1.807, 2.05) is 24.3 Å². The van der Waals surface area contributed by atoms with Crippen molar-refractivity contribution in [1.82, 2.24) is 14.9 Å². The Hall–Kier alpha value is -2.63. The van der Waals surface area contributed by atoms with Gasteiger partial charge < -0.3 is 10.1 Å². The molecule has 0 radical (unpaired) electrons. The Morgan fingerprint density at radius 1 is 1.29 bits per heavy atom. The first-order valence-electron chi connectivity index (χ1n) is 6.59. The zero-order valence-electron chi connectivity index (χ0n) is 11.8. The summed E-state index contributed by atoms with van der Waals surface area (Å²) in [6, 6.07) is 9.00. The van der Waals surface area contributed by atoms with Crippen molar-refractivity contribution in [3.8, 4) is 5.75 Å². The standard InChI is InChI=1S/C15H17N3O3/c1-21-13-4-2-12(3-5-13)6-9-17-14(19)10-18-11-16-8-7-15(18)20/h2-5,7-8,11H,6,9-10H2,1H3,(H,17,19). The smallest absolute Gasteiger partial charge is 0.253 e. The van der Waals surface area contributed by atoms with Gasteiger partial charge in [0.2, 0.25) is 5.91 Å². The van der Waals surface area contributed by atoms with Gasteiger partial charge in [-0.15, -0.1) is 0 Å². The highest BCUT2D eigenvalue weighted by atomic mass is 16.5. The SMILES string of the molecule is COc1ccc(CCNC(=O)Cn2cnccc2=O)cc1. The molecule has 1 N–H and O–H groups in total. The number of aromatic nitrogens is 2. The first-order valence-corrected chi connectivity index (χ1v) is 6.59. The predicted octanol–water partition coefficient (Wildman–Crippen LogP) is 0.611. The number of ether oxygens (including phenoxy) is 1. The minimum atomic E-state index is -0.240. The lowest BCUT2D eigenvalue weighted by Crippen LogP contribution is -2.33. The third-order valence-corrected chi connectivity index (χ3v) is 3.00. The number of carbonyl (C=O) groups excluding carboxylic acids is 1. The summed E-state index contributed by atoms with van der Waals surface area (Å²) >= 11 is 0. The van der Waals surface area contributed by atoms with Crippen LogP contribution < -0.4 is 15.6 Å². The molecule has 110 valence electrons. The van der Waals surface area contributed by atoms with Gasteiger partial charge in [-0.05, 0) is 24.1 Å². The first kappa shape index (κ1) is 14.8. The molecule has 6 nitrogen and oxygen atoms in total. The van der Waals surface area contributed by atoms with Crippen LogP contribution in [0.15, 0.2) is 47.7 Å². The van der Waals surface area contributed by atoms with Gasteiger partial charge in [-0.25, -0.2) is 4.98 Å². The zero-order valence-corrected chi connectivity index (χ0v) is 11.8. The highest BCUT2D eigenvalue weighted by molar-refractivity contribution is 5.75. The van der Waals surface area contributed by atoms with Crippen molar-refractivity contribution in [2.24, 2.45) is 0 Å². The van der Waals surface area contributed by atoms with Gasteiger partial charge in [0.05, 0.1) is 13.4 Å². The quantitative estimate of drug-likeness (QED) is 0.845. The van der Waals surface area contributed by atoms with E-state index in [9.17, 15) is 9.59 Å². The molecular formula is C15H17N3O3. The van der Waals surface area contributed by atoms with E-state index in [0.29, 0.717) is 6.54 Å². The molecule has 0 aliphatic rings. The zero-order chi connectivity index (χ0) is 15.1. The second-order valence-electron chi connectivity index (χ2n) is 4.49. The molecule has 0 aliphatic heterocycles. The number of benzene rings is 1. The summed E-state index contributed by atoms with van der Waals surface area (Å²) in [5.41, 5.74) is 0.866. The molecule has 2 rings (SSSR count). The number of methoxy groups -OCH3 is 1. The second-order valence-corrected chi connectivity index (χ2v) is 4.49. The lowest BCUT2D eigenvalue weighted by atomic mass is 10.1. The lowest BCUT2D eigenvalue weighted by molar-refractivity contribution is -0.121. The minimum Gasteiger partial charge on any atom is -0.497 e. The maximum absolute atomic E-state index is 11.7. The minimum absolute atomic E-state index is 0.0186. The van der Waals surface area contributed by atoms with Crippen LogP contribution in [-0.4, -0.2) is 29.1 Å². The van der Waals surface area contributed by atoms with Gasteiger partial charge in [0.15, 0.2) is 0 Å². The van der Waals surface area contributed by atoms with E-state index in [0.717, 1.165) is 17.7 Å². The predicted molar refractivity (Wildman–Crippen MR) is 78.2 cm³/mol. The van der Waals surface area contributed by atoms with Crippen molar-refractivity contribution in [1.29, 1.82) is 0 Å². The number of nitrogens with one attached hydrogen (secondary N) is 1. The second kappa shape index (κ2) is 7.23. The van der Waals surface area contributed by atoms with E-state index >= 15 is 0 Å². The summed E-state index contributed by atoms with van der Waals surface area (Å²) in [5.74, 6) is 0.595. The van der Waals surface area contributed by atoms with Crippen LogP contribution in [0.25, 0.3) is 0 Å². The molecule has 0 saturated carbocycles. The van der Waals surface area contributed by atoms with Gasteiger partial charge in [-0.2, -0.15) is 0 Å². The average molecular weight is 287 g/mol. The molecule has 21 heavy (non-hydrogen) atoms. The maximum atomic E-state index is 11.7. The van der Waals surface area contributed by atoms with Gasteiger partial charge in [-0.1, -0.05) is 12.1 Å². The van der Waals surface area contributed by atoms with Crippen LogP contribution in [0.1, 0.15) is 5.56 Å². The fraction of sp³-hybridized carbons (Fsp3) is 0.267. The molecule has 0 spiro atoms. The molecule has 2 aromatic rings. The van der Waals surface area contributed by atoms with Crippen LogP contribution in [-0.2, 0) is 17.8 Å². The first-order chi connectivity index (χ1) is 10.2. The Bertz CT molecular complexity index is 650. The highest BCUT2D eigenvalue weighted by Crippen LogP contribution is 2.11. The molecule has 1 aromatic carbocycles. The van der Waals surface area contributed by atoms with Gasteiger partial charge in [0.1, 0.15) is 12.3 Å². The van der Waals surface area contributed by atoms with Crippen LogP contribution in [0.4, 0.5) is 0 Å². The Morgan fingerprint density at radius 2 is 2.05 bits per heavy atom. The van der Waals surface area contributed by atoms with Crippen LogP contribution in [0.3, 0.4) is 0 Å². The van der Waals surface area contributed by atoms with Crippen molar-refractivity contribution in [3.63, 3.8) is 0 Å². The molecule has 1 amide bonds. The summed E-state index contributed by atoms with van der Waals surface area (Å²) in [6.45, 7) is 0.495. The van der Waals surface area contributed by atoms with Crippen molar-refractivity contribution < 1.29 is 9.53 Å². The van der Waals surface area contributed by atoms with E-state index in [1.54, 1.807) is 7.11 Å². The number of hydrogen-bond acceptors (Lipinski definition) is 4. The number of amides is 1. The van der Waals surface area contributed by atoms with Crippen LogP contribution in [0, 0.1) is 0 Å². The van der Waals surface area contributed by atoms with Gasteiger partial charge in [0, 0.05) is 18.8 Å². The number of hydrogen-bond donors (Lipinski definition) is 1. The monoisotopic (exact) mass is 287 g/mol. The molecule has 0 aliphatic carbocycles. The van der Waals surface area contributed by atoms with Crippen molar-refractivity contribution in [2.75, 3.05) is 13.7 Å². The van der Waals surface area contributed by atoms with Gasteiger partial charge >= 0.3 is 0 Å². The Kier molecular flexibility index (Phi) is 5.09. The molecule has 1 heterocycles. The summed E-state index contributed by atoms with van der Waals surface area (Å²) in [6.07, 6.45) is 3.48. The molecule has 1 aromatic heterocycles. The largest absolute Gasteiger partial charge is 0.497 e. The molecule has 6 heteroatoms. The normalized spacial score (nSPS) is 10.1. The number of nitrogens with zero attached hydrogens (tertiary/aromatic N) is 2. The van der Waals surface area contributed by atoms with E-state index in [2.05, 4.69) is 10.3 Å². The maximum Gasteiger partial charge on any atom is 0.253 e. The molecule has 0 saturated heterocycles. The van der Waals surface area contributed by atoms with Crippen molar-refractivity contribution in [2.45, 2.75) is 13.0 Å². The number of carbonyl (C=O) groups is 1. The van der Waals surface area contributed by atoms with Gasteiger partial charge in [0.25, 0.3) is 5.56 Å². The van der Waals surface area contributed by atoms with Crippen LogP contribution in [0.5, 0.6) is 5.75 Å². The van der Waals surface area contributed by atoms with E-state index in [4.69, 9.17) is 4.74 Å². The summed E-state index contributed by atoms with van der Waals surface area (Å²) in [4.78, 5) is 27.0. The van der Waals surface area contributed by atoms with Crippen molar-refractivity contribution in [3.05, 3.63) is 58.8 Å². The molecular weight excluding hydrogens is 270 g/mol. The van der Waals surface area contributed by atoms with Crippen molar-refractivity contribution >= 4 is 5.91 Å². The fourth-order valence-corrected chi connectivity index (χ4v) is 1.85. The third kappa shape index (κ3) is 4.45. The van der Waals surface area contributed by atoms with Crippen LogP contribution >= 0.6 is 0 Å². The third-order valence-electron chi connectivity index (χ3n) is 3.00. The number of rotatable bonds is 6. The van der Waals surface area contributed by atoms with E-state index < -0.39 is 0 Å². The molecule has 0 atom stereocenters. The Morgan fingerprint density at radius 3 is 2.71 bits per heavy atom. The van der Waals surface area contributed by atoms with E-state index in [1.165, 1.54) is 23.2 Å². The summed E-state index contributed by atoms with van der Waals surface area (Å²) in [5, 5.41) is 2.78. The van der Waals surface area contributed by atoms with E-state index in [-0.39, 0.29) is 18.0 Å². The summed E-state index contributed by atoms with van der Waals surface area (Å²) < 4.78 is 6.35. The highest BCUT2D eigenvalue weighted by Gasteiger charge is 2.03. The van der Waals surface area contributed by atoms with Crippen LogP contribution in [0.2, 0.25) is 0 Å². The fourth-order valence-electron chi connectivity index (χ4n) is 1.85. The topological polar surface area (TPSA) is 73.2 Å². The lowest BCUT2D eigenvalue weighted by Gasteiger charge is -2.07. The summed E-state index contributed by atoms with van der Waals surface area (Å²) in [7, 11) is 1.62. The average Bonchev–Trinajstić information content (AvgIpc) is 2.50. The molecule has 0 bridgehead atoms. The Labute approximate surface area is 122 Å². The molecule has 0 unspecified atom stereocenters. The molecule has 0 fully saturated rings.